The van der Waals surface area contributed by atoms with Gasteiger partial charge < -0.3 is 9.47 Å². The van der Waals surface area contributed by atoms with E-state index in [9.17, 15) is 0 Å². The van der Waals surface area contributed by atoms with Crippen LogP contribution in [0.3, 0.4) is 0 Å². The third-order valence-corrected chi connectivity index (χ3v) is 24.4. The van der Waals surface area contributed by atoms with E-state index >= 15 is 9.59 Å². The van der Waals surface area contributed by atoms with E-state index in [0.29, 0.717) is 25.0 Å². The van der Waals surface area contributed by atoms with E-state index in [1.54, 1.807) is 0 Å². The lowest BCUT2D eigenvalue weighted by Crippen LogP contribution is -2.41. The summed E-state index contributed by atoms with van der Waals surface area (Å²) in [6, 6.07) is 0. The second-order valence-corrected chi connectivity index (χ2v) is 33.8. The van der Waals surface area contributed by atoms with Crippen LogP contribution < -0.4 is 0 Å². The molecular formula is C96H190O4. The summed E-state index contributed by atoms with van der Waals surface area (Å²) >= 11 is 0. The molecule has 0 radical (unpaired) electrons. The van der Waals surface area contributed by atoms with Crippen molar-refractivity contribution in [1.82, 2.24) is 0 Å². The van der Waals surface area contributed by atoms with Crippen LogP contribution in [0.2, 0.25) is 0 Å². The Morgan fingerprint density at radius 1 is 0.180 bits per heavy atom. The monoisotopic (exact) mass is 1410 g/mol. The van der Waals surface area contributed by atoms with Crippen LogP contribution in [0.1, 0.15) is 569 Å². The zero-order valence-electron chi connectivity index (χ0n) is 70.8. The highest BCUT2D eigenvalue weighted by Crippen LogP contribution is 2.48. The molecule has 4 nitrogen and oxygen atoms in total. The highest BCUT2D eigenvalue weighted by Gasteiger charge is 2.46. The van der Waals surface area contributed by atoms with E-state index in [-0.39, 0.29) is 22.8 Å². The fraction of sp³-hybridized carbons (Fsp3) is 0.979. The van der Waals surface area contributed by atoms with E-state index in [1.165, 1.54) is 475 Å². The molecule has 2 unspecified atom stereocenters. The maximum Gasteiger partial charge on any atom is 0.312 e. The van der Waals surface area contributed by atoms with Crippen LogP contribution in [0, 0.1) is 22.7 Å². The summed E-state index contributed by atoms with van der Waals surface area (Å²) in [4.78, 5) is 31.0. The topological polar surface area (TPSA) is 52.6 Å². The van der Waals surface area contributed by atoms with Crippen molar-refractivity contribution in [1.29, 1.82) is 0 Å². The largest absolute Gasteiger partial charge is 0.465 e. The van der Waals surface area contributed by atoms with Crippen LogP contribution in [0.25, 0.3) is 0 Å². The Kier molecular flexibility index (Phi) is 79.6. The fourth-order valence-electron chi connectivity index (χ4n) is 17.5. The minimum absolute atomic E-state index is 0.218. The molecule has 0 spiro atoms. The number of esters is 2. The second kappa shape index (κ2) is 80.5. The third-order valence-electron chi connectivity index (χ3n) is 24.4. The first kappa shape index (κ1) is 98.9. The zero-order valence-corrected chi connectivity index (χ0v) is 70.8. The molecule has 598 valence electrons. The molecule has 100 heavy (non-hydrogen) atoms. The van der Waals surface area contributed by atoms with Crippen molar-refractivity contribution in [2.45, 2.75) is 569 Å². The van der Waals surface area contributed by atoms with Gasteiger partial charge in [0.1, 0.15) is 0 Å². The Hall–Kier alpha value is -1.06. The summed E-state index contributed by atoms with van der Waals surface area (Å²) in [6.45, 7) is 19.9. The average molecular weight is 1410 g/mol. The van der Waals surface area contributed by atoms with E-state index in [0.717, 1.165) is 38.5 Å². The Labute approximate surface area is 632 Å². The average Bonchev–Trinajstić information content (AvgIpc) is 0.811. The van der Waals surface area contributed by atoms with Crippen LogP contribution in [0.15, 0.2) is 0 Å². The van der Waals surface area contributed by atoms with Gasteiger partial charge in [0, 0.05) is 0 Å². The minimum atomic E-state index is -0.348. The molecule has 0 aromatic carbocycles. The molecule has 0 fully saturated rings. The predicted molar refractivity (Wildman–Crippen MR) is 449 cm³/mol. The molecule has 0 aliphatic heterocycles. The van der Waals surface area contributed by atoms with Gasteiger partial charge in [-0.2, -0.15) is 0 Å². The number of ether oxygens (including phenoxy) is 2. The molecule has 0 saturated heterocycles. The Balaban J connectivity index is 7.04. The van der Waals surface area contributed by atoms with Crippen molar-refractivity contribution >= 4 is 11.9 Å². The molecule has 0 aliphatic carbocycles. The van der Waals surface area contributed by atoms with Gasteiger partial charge in [0.25, 0.3) is 0 Å². The second-order valence-electron chi connectivity index (χ2n) is 33.8. The first-order valence-corrected chi connectivity index (χ1v) is 47.7. The lowest BCUT2D eigenvalue weighted by atomic mass is 9.65. The molecule has 2 atom stereocenters. The smallest absolute Gasteiger partial charge is 0.312 e. The first-order chi connectivity index (χ1) is 49.3. The molecule has 0 amide bonds. The van der Waals surface area contributed by atoms with Crippen molar-refractivity contribution in [2.75, 3.05) is 13.2 Å². The molecule has 0 saturated carbocycles. The molecule has 4 heteroatoms. The van der Waals surface area contributed by atoms with Crippen LogP contribution >= 0.6 is 0 Å². The van der Waals surface area contributed by atoms with Gasteiger partial charge in [0.15, 0.2) is 0 Å². The van der Waals surface area contributed by atoms with Crippen LogP contribution in [-0.2, 0) is 19.1 Å². The number of rotatable bonds is 87. The van der Waals surface area contributed by atoms with Crippen molar-refractivity contribution < 1.29 is 19.1 Å². The SMILES string of the molecule is CCCCCCCCCCCCC(CCCCCCCCCCCC)(C(=O)OCCCCCCCC)C(CCCCCCCCC)CCCCCCCCC(CCCCCCCCC)C(CCCCCCCCCCCC)(CCCCCCCCCCCC)C(=O)OCCCCCCCC. The van der Waals surface area contributed by atoms with E-state index in [1.807, 2.05) is 0 Å². The standard InChI is InChI=1S/C96H190O4/c1-9-17-25-33-41-45-49-57-65-75-85-95(93(97)99-89-79-69-39-31-23-15-7,86-76-66-58-50-46-42-34-26-18-10-2)91(81-71-61-53-37-29-21-13-5)83-73-63-55-56-64-74-84-92(82-72-62-54-38-30-22-14-6)96(94(98)100-90-80-70-40-32-24-16-8,87-77-67-59-51-47-43-35-27-19-11-3)88-78-68-60-52-48-44-36-28-20-12-4/h91-92H,9-90H2,1-8H3. The number of hydrogen-bond donors (Lipinski definition) is 0. The number of carbonyl (C=O) groups excluding carboxylic acids is 2. The highest BCUT2D eigenvalue weighted by atomic mass is 16.5. The van der Waals surface area contributed by atoms with Crippen molar-refractivity contribution in [3.63, 3.8) is 0 Å². The van der Waals surface area contributed by atoms with Gasteiger partial charge in [-0.15, -0.1) is 0 Å². The molecular weight excluding hydrogens is 1220 g/mol. The Morgan fingerprint density at radius 3 is 0.470 bits per heavy atom. The first-order valence-electron chi connectivity index (χ1n) is 47.7. The van der Waals surface area contributed by atoms with Gasteiger partial charge in [0.05, 0.1) is 24.0 Å². The molecule has 0 aliphatic rings. The summed E-state index contributed by atoms with van der Waals surface area (Å²) in [6.07, 6.45) is 104. The lowest BCUT2D eigenvalue weighted by molar-refractivity contribution is -0.163. The lowest BCUT2D eigenvalue weighted by Gasteiger charge is -2.40. The summed E-state index contributed by atoms with van der Waals surface area (Å²) in [5.74, 6) is 1.28. The van der Waals surface area contributed by atoms with Gasteiger partial charge in [0.2, 0.25) is 0 Å². The Morgan fingerprint density at radius 2 is 0.310 bits per heavy atom. The predicted octanol–water partition coefficient (Wildman–Crippen LogP) is 34.6. The van der Waals surface area contributed by atoms with E-state index < -0.39 is 0 Å². The molecule has 0 bridgehead atoms. The summed E-state index contributed by atoms with van der Waals surface area (Å²) in [7, 11) is 0. The maximum atomic E-state index is 15.5. The Bertz CT molecular complexity index is 1410. The van der Waals surface area contributed by atoms with Gasteiger partial charge in [-0.3, -0.25) is 9.59 Å². The summed E-state index contributed by atoms with van der Waals surface area (Å²) in [5, 5.41) is 0. The van der Waals surface area contributed by atoms with Crippen LogP contribution in [-0.4, -0.2) is 25.2 Å². The van der Waals surface area contributed by atoms with Gasteiger partial charge in [-0.05, 0) is 76.0 Å². The molecule has 0 aromatic heterocycles. The summed E-state index contributed by atoms with van der Waals surface area (Å²) < 4.78 is 13.4. The van der Waals surface area contributed by atoms with Crippen molar-refractivity contribution in [3.8, 4) is 0 Å². The third kappa shape index (κ3) is 60.0. The van der Waals surface area contributed by atoms with Gasteiger partial charge in [-0.25, -0.2) is 0 Å². The number of unbranched alkanes of at least 4 members (excludes halogenated alkanes) is 63. The van der Waals surface area contributed by atoms with Crippen molar-refractivity contribution in [2.24, 2.45) is 22.7 Å². The van der Waals surface area contributed by atoms with Crippen LogP contribution in [0.5, 0.6) is 0 Å². The molecule has 0 rings (SSSR count). The maximum absolute atomic E-state index is 15.5. The normalized spacial score (nSPS) is 12.7. The molecule has 0 aromatic rings. The van der Waals surface area contributed by atoms with Gasteiger partial charge in [-0.1, -0.05) is 505 Å². The zero-order chi connectivity index (χ0) is 72.7. The highest BCUT2D eigenvalue weighted by molar-refractivity contribution is 5.78. The van der Waals surface area contributed by atoms with E-state index in [2.05, 4.69) is 55.4 Å². The van der Waals surface area contributed by atoms with Crippen molar-refractivity contribution in [3.05, 3.63) is 0 Å². The van der Waals surface area contributed by atoms with Crippen LogP contribution in [0.4, 0.5) is 0 Å². The van der Waals surface area contributed by atoms with E-state index in [4.69, 9.17) is 9.47 Å². The number of hydrogen-bond acceptors (Lipinski definition) is 4. The molecule has 0 heterocycles. The quantitative estimate of drug-likeness (QED) is 0.0450. The fourth-order valence-corrected chi connectivity index (χ4v) is 17.5. The number of carbonyl (C=O) groups is 2. The molecule has 0 N–H and O–H groups in total. The van der Waals surface area contributed by atoms with Gasteiger partial charge >= 0.3 is 11.9 Å². The summed E-state index contributed by atoms with van der Waals surface area (Å²) in [5.41, 5.74) is -0.696. The minimum Gasteiger partial charge on any atom is -0.465 e.